The molecule has 0 amide bonds. The molecule has 2 aromatic carbocycles. The number of fused-ring (bicyclic) bond motifs is 1. The standard InChI is InChI=1S/C25H25BrN4O2S/c1-2-13-33-25-28-24-27-19-9-6-10-20(31)22(19)23(30(24)29-25)18-14-17(26)11-12-21(18)32-15-16-7-4-3-5-8-16/h3-5,7-8,11-12,14,23H,2,6,9-10,13,15H2,1H3,(H,27,28,29). The second kappa shape index (κ2) is 9.73. The van der Waals surface area contributed by atoms with Crippen LogP contribution in [0.25, 0.3) is 0 Å². The van der Waals surface area contributed by atoms with Crippen LogP contribution in [0, 0.1) is 0 Å². The van der Waals surface area contributed by atoms with Crippen LogP contribution in [0.2, 0.25) is 0 Å². The fourth-order valence-corrected chi connectivity index (χ4v) is 5.34. The fraction of sp³-hybridized carbons (Fsp3) is 0.320. The number of ether oxygens (including phenoxy) is 1. The molecule has 1 unspecified atom stereocenters. The van der Waals surface area contributed by atoms with Gasteiger partial charge in [0.2, 0.25) is 11.1 Å². The largest absolute Gasteiger partial charge is 0.489 e. The Morgan fingerprint density at radius 2 is 2.06 bits per heavy atom. The maximum atomic E-state index is 13.2. The number of thioether (sulfide) groups is 1. The van der Waals surface area contributed by atoms with Crippen LogP contribution >= 0.6 is 27.7 Å². The lowest BCUT2D eigenvalue weighted by molar-refractivity contribution is -0.116. The molecule has 0 bridgehead atoms. The maximum Gasteiger partial charge on any atom is 0.227 e. The molecule has 1 aliphatic carbocycles. The molecule has 1 N–H and O–H groups in total. The molecule has 0 saturated carbocycles. The first-order valence-electron chi connectivity index (χ1n) is 11.2. The number of benzene rings is 2. The summed E-state index contributed by atoms with van der Waals surface area (Å²) < 4.78 is 9.08. The van der Waals surface area contributed by atoms with Crippen LogP contribution in [-0.4, -0.2) is 26.3 Å². The minimum atomic E-state index is -0.379. The molecule has 1 atom stereocenters. The van der Waals surface area contributed by atoms with E-state index in [9.17, 15) is 4.79 Å². The molecule has 5 rings (SSSR count). The van der Waals surface area contributed by atoms with E-state index in [-0.39, 0.29) is 11.8 Å². The summed E-state index contributed by atoms with van der Waals surface area (Å²) in [6, 6.07) is 15.7. The third kappa shape index (κ3) is 4.59. The van der Waals surface area contributed by atoms with Gasteiger partial charge in [0.1, 0.15) is 18.4 Å². The normalized spacial score (nSPS) is 17.4. The Labute approximate surface area is 206 Å². The molecule has 2 aliphatic rings. The van der Waals surface area contributed by atoms with Crippen LogP contribution < -0.4 is 10.1 Å². The van der Waals surface area contributed by atoms with Gasteiger partial charge in [-0.05, 0) is 43.0 Å². The lowest BCUT2D eigenvalue weighted by atomic mass is 9.85. The van der Waals surface area contributed by atoms with Gasteiger partial charge in [0.05, 0.1) is 0 Å². The van der Waals surface area contributed by atoms with Crippen LogP contribution in [-0.2, 0) is 11.4 Å². The van der Waals surface area contributed by atoms with Gasteiger partial charge in [0.15, 0.2) is 5.78 Å². The first-order chi connectivity index (χ1) is 16.1. The quantitative estimate of drug-likeness (QED) is 0.374. The number of nitrogens with one attached hydrogen (secondary N) is 1. The summed E-state index contributed by atoms with van der Waals surface area (Å²) in [6.07, 6.45) is 3.27. The highest BCUT2D eigenvalue weighted by molar-refractivity contribution is 9.10. The Morgan fingerprint density at radius 3 is 2.88 bits per heavy atom. The van der Waals surface area contributed by atoms with Crippen molar-refractivity contribution >= 4 is 39.4 Å². The van der Waals surface area contributed by atoms with E-state index in [1.54, 1.807) is 11.8 Å². The van der Waals surface area contributed by atoms with Crippen LogP contribution in [0.3, 0.4) is 0 Å². The van der Waals surface area contributed by atoms with Gasteiger partial charge in [-0.3, -0.25) is 4.79 Å². The Balaban J connectivity index is 1.59. The zero-order valence-corrected chi connectivity index (χ0v) is 20.8. The lowest BCUT2D eigenvalue weighted by Crippen LogP contribution is -2.31. The van der Waals surface area contributed by atoms with E-state index in [1.807, 2.05) is 53.2 Å². The van der Waals surface area contributed by atoms with E-state index in [0.717, 1.165) is 62.8 Å². The first kappa shape index (κ1) is 22.2. The van der Waals surface area contributed by atoms with Crippen molar-refractivity contribution < 1.29 is 9.53 Å². The second-order valence-electron chi connectivity index (χ2n) is 8.16. The van der Waals surface area contributed by atoms with Gasteiger partial charge in [-0.15, -0.1) is 5.10 Å². The zero-order chi connectivity index (χ0) is 22.8. The zero-order valence-electron chi connectivity index (χ0n) is 18.4. The molecule has 3 aromatic rings. The van der Waals surface area contributed by atoms with Gasteiger partial charge < -0.3 is 10.1 Å². The minimum Gasteiger partial charge on any atom is -0.489 e. The Kier molecular flexibility index (Phi) is 6.55. The molecule has 0 radical (unpaired) electrons. The summed E-state index contributed by atoms with van der Waals surface area (Å²) in [5, 5.41) is 8.93. The average Bonchev–Trinajstić information content (AvgIpc) is 3.24. The predicted molar refractivity (Wildman–Crippen MR) is 134 cm³/mol. The molecule has 33 heavy (non-hydrogen) atoms. The number of carbonyl (C=O) groups is 1. The molecule has 1 aromatic heterocycles. The summed E-state index contributed by atoms with van der Waals surface area (Å²) in [5.41, 5.74) is 3.72. The SMILES string of the molecule is CCCSc1nc2n(n1)C(c1cc(Br)ccc1OCc1ccccc1)C1=C(CCCC1=O)N2. The van der Waals surface area contributed by atoms with Gasteiger partial charge in [0, 0.05) is 33.5 Å². The van der Waals surface area contributed by atoms with Crippen molar-refractivity contribution in [1.82, 2.24) is 14.8 Å². The number of carbonyl (C=O) groups excluding carboxylic acids is 1. The van der Waals surface area contributed by atoms with Crippen molar-refractivity contribution in [2.45, 2.75) is 50.4 Å². The fourth-order valence-electron chi connectivity index (χ4n) is 4.28. The summed E-state index contributed by atoms with van der Waals surface area (Å²) in [7, 11) is 0. The number of ketones is 1. The van der Waals surface area contributed by atoms with Crippen molar-refractivity contribution in [2.75, 3.05) is 11.1 Å². The highest BCUT2D eigenvalue weighted by Gasteiger charge is 2.38. The van der Waals surface area contributed by atoms with Crippen molar-refractivity contribution in [1.29, 1.82) is 0 Å². The van der Waals surface area contributed by atoms with Gasteiger partial charge in [-0.1, -0.05) is 64.9 Å². The van der Waals surface area contributed by atoms with Gasteiger partial charge >= 0.3 is 0 Å². The Morgan fingerprint density at radius 1 is 1.21 bits per heavy atom. The van der Waals surface area contributed by atoms with E-state index in [0.29, 0.717) is 19.0 Å². The smallest absolute Gasteiger partial charge is 0.227 e. The number of anilines is 1. The molecule has 0 fully saturated rings. The molecule has 0 spiro atoms. The number of allylic oxidation sites excluding steroid dienone is 2. The van der Waals surface area contributed by atoms with Crippen molar-refractivity contribution in [3.05, 3.63) is 75.4 Å². The van der Waals surface area contributed by atoms with E-state index in [2.05, 4.69) is 28.2 Å². The summed E-state index contributed by atoms with van der Waals surface area (Å²) in [6.45, 7) is 2.59. The molecular weight excluding hydrogens is 500 g/mol. The summed E-state index contributed by atoms with van der Waals surface area (Å²) >= 11 is 5.25. The van der Waals surface area contributed by atoms with Gasteiger partial charge in [-0.25, -0.2) is 4.68 Å². The molecule has 1 aliphatic heterocycles. The van der Waals surface area contributed by atoms with E-state index in [4.69, 9.17) is 14.8 Å². The van der Waals surface area contributed by atoms with E-state index >= 15 is 0 Å². The minimum absolute atomic E-state index is 0.159. The molecule has 170 valence electrons. The molecule has 6 nitrogen and oxygen atoms in total. The highest BCUT2D eigenvalue weighted by Crippen LogP contribution is 2.44. The van der Waals surface area contributed by atoms with Gasteiger partial charge in [0.25, 0.3) is 0 Å². The monoisotopic (exact) mass is 524 g/mol. The molecular formula is C25H25BrN4O2S. The van der Waals surface area contributed by atoms with Gasteiger partial charge in [-0.2, -0.15) is 4.98 Å². The maximum absolute atomic E-state index is 13.2. The number of hydrogen-bond acceptors (Lipinski definition) is 6. The third-order valence-electron chi connectivity index (χ3n) is 5.79. The molecule has 8 heteroatoms. The topological polar surface area (TPSA) is 69.0 Å². The first-order valence-corrected chi connectivity index (χ1v) is 13.0. The van der Waals surface area contributed by atoms with Crippen molar-refractivity contribution in [3.63, 3.8) is 0 Å². The van der Waals surface area contributed by atoms with Crippen molar-refractivity contribution in [2.24, 2.45) is 0 Å². The van der Waals surface area contributed by atoms with Crippen LogP contribution in [0.5, 0.6) is 5.75 Å². The molecule has 2 heterocycles. The van der Waals surface area contributed by atoms with Crippen LogP contribution in [0.4, 0.5) is 5.95 Å². The van der Waals surface area contributed by atoms with E-state index in [1.165, 1.54) is 0 Å². The third-order valence-corrected chi connectivity index (χ3v) is 7.32. The number of Topliss-reactive ketones (excluding diaryl/α,β-unsaturated/α-hetero) is 1. The van der Waals surface area contributed by atoms with E-state index < -0.39 is 0 Å². The lowest BCUT2D eigenvalue weighted by Gasteiger charge is -2.33. The predicted octanol–water partition coefficient (Wildman–Crippen LogP) is 6.14. The Hall–Kier alpha value is -2.58. The van der Waals surface area contributed by atoms with Crippen LogP contribution in [0.1, 0.15) is 49.8 Å². The molecule has 0 saturated heterocycles. The second-order valence-corrected chi connectivity index (χ2v) is 10.1. The summed E-state index contributed by atoms with van der Waals surface area (Å²) in [5.74, 6) is 2.53. The van der Waals surface area contributed by atoms with Crippen molar-refractivity contribution in [3.8, 4) is 5.75 Å². The van der Waals surface area contributed by atoms with Crippen LogP contribution in [0.15, 0.2) is 69.4 Å². The average molecular weight is 525 g/mol. The number of halogens is 1. The number of hydrogen-bond donors (Lipinski definition) is 1. The highest BCUT2D eigenvalue weighted by atomic mass is 79.9. The Bertz CT molecular complexity index is 1210. The number of aromatic nitrogens is 3. The number of rotatable bonds is 7. The number of nitrogens with zero attached hydrogens (tertiary/aromatic N) is 3. The summed E-state index contributed by atoms with van der Waals surface area (Å²) in [4.78, 5) is 17.9.